The SMILES string of the molecule is CCN(CC)C(=O)c1ccc2c(=O)n(C)c3cc(-c4ccnc(C(F)(F)F)c4)nn3c2c1. The van der Waals surface area contributed by atoms with Gasteiger partial charge in [-0.25, -0.2) is 4.52 Å². The third-order valence-corrected chi connectivity index (χ3v) is 5.44. The first-order valence-electron chi connectivity index (χ1n) is 10.0. The molecule has 4 aromatic rings. The van der Waals surface area contributed by atoms with Crippen LogP contribution in [0, 0.1) is 0 Å². The minimum absolute atomic E-state index is 0.179. The standard InChI is InChI=1S/C22H20F3N5O2/c1-4-29(5-2)20(31)14-6-7-15-17(10-14)30-19(28(3)21(15)32)12-16(27-30)13-8-9-26-18(11-13)22(23,24)25/h6-12H,4-5H2,1-3H3. The zero-order valence-electron chi connectivity index (χ0n) is 17.6. The Labute approximate surface area is 180 Å². The fraction of sp³-hybridized carbons (Fsp3) is 0.273. The Morgan fingerprint density at radius 3 is 2.47 bits per heavy atom. The lowest BCUT2D eigenvalue weighted by Crippen LogP contribution is -2.30. The van der Waals surface area contributed by atoms with Gasteiger partial charge in [0, 0.05) is 43.5 Å². The van der Waals surface area contributed by atoms with E-state index in [0.29, 0.717) is 35.2 Å². The van der Waals surface area contributed by atoms with Crippen LogP contribution in [-0.4, -0.2) is 43.1 Å². The zero-order valence-corrected chi connectivity index (χ0v) is 17.6. The topological polar surface area (TPSA) is 72.5 Å². The number of aryl methyl sites for hydroxylation is 1. The smallest absolute Gasteiger partial charge is 0.339 e. The van der Waals surface area contributed by atoms with Gasteiger partial charge in [0.2, 0.25) is 0 Å². The van der Waals surface area contributed by atoms with Crippen molar-refractivity contribution in [3.05, 3.63) is 64.2 Å². The molecular formula is C22H20F3N5O2. The van der Waals surface area contributed by atoms with Crippen molar-refractivity contribution in [3.8, 4) is 11.3 Å². The normalized spacial score (nSPS) is 11.9. The molecule has 0 unspecified atom stereocenters. The lowest BCUT2D eigenvalue weighted by Gasteiger charge is -2.18. The summed E-state index contributed by atoms with van der Waals surface area (Å²) in [6.45, 7) is 4.82. The molecule has 0 N–H and O–H groups in total. The number of pyridine rings is 1. The first-order chi connectivity index (χ1) is 15.2. The molecule has 0 fully saturated rings. The summed E-state index contributed by atoms with van der Waals surface area (Å²) in [5.74, 6) is -0.179. The van der Waals surface area contributed by atoms with Crippen molar-refractivity contribution in [2.45, 2.75) is 20.0 Å². The van der Waals surface area contributed by atoms with Crippen molar-refractivity contribution in [2.75, 3.05) is 13.1 Å². The van der Waals surface area contributed by atoms with Crippen LogP contribution >= 0.6 is 0 Å². The van der Waals surface area contributed by atoms with Crippen LogP contribution in [0.1, 0.15) is 29.9 Å². The van der Waals surface area contributed by atoms with Gasteiger partial charge in [-0.05, 0) is 44.2 Å². The maximum Gasteiger partial charge on any atom is 0.433 e. The molecule has 0 bridgehead atoms. The fourth-order valence-corrected chi connectivity index (χ4v) is 3.67. The predicted octanol–water partition coefficient (Wildman–Crippen LogP) is 3.75. The minimum Gasteiger partial charge on any atom is -0.339 e. The number of carbonyl (C=O) groups is 1. The molecule has 3 aromatic heterocycles. The molecule has 0 aliphatic carbocycles. The number of rotatable bonds is 4. The van der Waals surface area contributed by atoms with Crippen molar-refractivity contribution in [3.63, 3.8) is 0 Å². The summed E-state index contributed by atoms with van der Waals surface area (Å²) in [4.78, 5) is 30.7. The Balaban J connectivity index is 1.95. The number of nitrogens with zero attached hydrogens (tertiary/aromatic N) is 5. The molecule has 0 saturated carbocycles. The van der Waals surface area contributed by atoms with Gasteiger partial charge >= 0.3 is 6.18 Å². The zero-order chi connectivity index (χ0) is 23.2. The van der Waals surface area contributed by atoms with E-state index in [1.54, 1.807) is 30.1 Å². The first-order valence-corrected chi connectivity index (χ1v) is 10.0. The highest BCUT2D eigenvalue weighted by atomic mass is 19.4. The maximum atomic E-state index is 13.1. The average Bonchev–Trinajstić information content (AvgIpc) is 3.23. The lowest BCUT2D eigenvalue weighted by atomic mass is 10.1. The van der Waals surface area contributed by atoms with Gasteiger partial charge in [0.15, 0.2) is 0 Å². The third-order valence-electron chi connectivity index (χ3n) is 5.44. The summed E-state index contributed by atoms with van der Waals surface area (Å²) in [5.41, 5.74) is 0.320. The van der Waals surface area contributed by atoms with E-state index in [-0.39, 0.29) is 22.7 Å². The Bertz CT molecular complexity index is 1400. The van der Waals surface area contributed by atoms with Crippen LogP contribution in [0.25, 0.3) is 27.8 Å². The molecule has 0 saturated heterocycles. The third kappa shape index (κ3) is 3.51. The van der Waals surface area contributed by atoms with Gasteiger partial charge in [0.05, 0.1) is 16.6 Å². The largest absolute Gasteiger partial charge is 0.433 e. The second kappa shape index (κ2) is 7.77. The Morgan fingerprint density at radius 1 is 1.09 bits per heavy atom. The summed E-state index contributed by atoms with van der Waals surface area (Å²) < 4.78 is 42.1. The van der Waals surface area contributed by atoms with Crippen LogP contribution in [0.4, 0.5) is 13.2 Å². The van der Waals surface area contributed by atoms with Crippen molar-refractivity contribution in [1.29, 1.82) is 0 Å². The van der Waals surface area contributed by atoms with Crippen molar-refractivity contribution >= 4 is 22.5 Å². The van der Waals surface area contributed by atoms with Gasteiger partial charge < -0.3 is 4.90 Å². The van der Waals surface area contributed by atoms with Crippen molar-refractivity contribution in [1.82, 2.24) is 24.1 Å². The molecule has 1 amide bonds. The second-order valence-electron chi connectivity index (χ2n) is 7.30. The number of fused-ring (bicyclic) bond motifs is 3. The number of aromatic nitrogens is 4. The summed E-state index contributed by atoms with van der Waals surface area (Å²) >= 11 is 0. The number of hydrogen-bond donors (Lipinski definition) is 0. The number of halogens is 3. The highest BCUT2D eigenvalue weighted by Gasteiger charge is 2.32. The Hall–Kier alpha value is -3.69. The van der Waals surface area contributed by atoms with Crippen LogP contribution in [0.15, 0.2) is 47.4 Å². The average molecular weight is 443 g/mol. The minimum atomic E-state index is -4.59. The van der Waals surface area contributed by atoms with Crippen LogP contribution in [0.2, 0.25) is 0 Å². The molecule has 4 rings (SSSR count). The van der Waals surface area contributed by atoms with E-state index >= 15 is 0 Å². The number of benzene rings is 1. The Kier molecular flexibility index (Phi) is 5.23. The second-order valence-corrected chi connectivity index (χ2v) is 7.30. The molecular weight excluding hydrogens is 423 g/mol. The summed E-state index contributed by atoms with van der Waals surface area (Å²) in [7, 11) is 1.56. The van der Waals surface area contributed by atoms with E-state index < -0.39 is 11.9 Å². The van der Waals surface area contributed by atoms with Gasteiger partial charge in [0.1, 0.15) is 11.3 Å². The number of hydrogen-bond acceptors (Lipinski definition) is 4. The molecule has 3 heterocycles. The number of alkyl halides is 3. The van der Waals surface area contributed by atoms with Crippen LogP contribution in [0.5, 0.6) is 0 Å². The van der Waals surface area contributed by atoms with Crippen LogP contribution in [0.3, 0.4) is 0 Å². The molecule has 0 spiro atoms. The molecule has 0 atom stereocenters. The molecule has 10 heteroatoms. The van der Waals surface area contributed by atoms with E-state index in [4.69, 9.17) is 0 Å². The molecule has 166 valence electrons. The van der Waals surface area contributed by atoms with E-state index in [0.717, 1.165) is 12.3 Å². The molecule has 0 radical (unpaired) electrons. The quantitative estimate of drug-likeness (QED) is 0.482. The van der Waals surface area contributed by atoms with Gasteiger partial charge in [0.25, 0.3) is 11.5 Å². The summed E-state index contributed by atoms with van der Waals surface area (Å²) in [5, 5.41) is 4.80. The molecule has 32 heavy (non-hydrogen) atoms. The van der Waals surface area contributed by atoms with Crippen LogP contribution < -0.4 is 5.56 Å². The van der Waals surface area contributed by atoms with Crippen molar-refractivity contribution < 1.29 is 18.0 Å². The number of carbonyl (C=O) groups excluding carboxylic acids is 1. The highest BCUT2D eigenvalue weighted by molar-refractivity contribution is 5.98. The van der Waals surface area contributed by atoms with Gasteiger partial charge in [-0.2, -0.15) is 18.3 Å². The lowest BCUT2D eigenvalue weighted by molar-refractivity contribution is -0.141. The summed E-state index contributed by atoms with van der Waals surface area (Å²) in [6.07, 6.45) is -3.52. The Morgan fingerprint density at radius 2 is 1.81 bits per heavy atom. The first kappa shape index (κ1) is 21.5. The summed E-state index contributed by atoms with van der Waals surface area (Å²) in [6, 6.07) is 8.64. The molecule has 0 aliphatic heterocycles. The van der Waals surface area contributed by atoms with E-state index in [2.05, 4.69) is 10.1 Å². The van der Waals surface area contributed by atoms with Gasteiger partial charge in [-0.1, -0.05) is 0 Å². The van der Waals surface area contributed by atoms with Crippen LogP contribution in [-0.2, 0) is 13.2 Å². The maximum absolute atomic E-state index is 13.1. The van der Waals surface area contributed by atoms with E-state index in [1.165, 1.54) is 21.2 Å². The van der Waals surface area contributed by atoms with E-state index in [9.17, 15) is 22.8 Å². The predicted molar refractivity (Wildman–Crippen MR) is 113 cm³/mol. The highest BCUT2D eigenvalue weighted by Crippen LogP contribution is 2.30. The molecule has 1 aromatic carbocycles. The van der Waals surface area contributed by atoms with Gasteiger partial charge in [-0.15, -0.1) is 0 Å². The molecule has 7 nitrogen and oxygen atoms in total. The van der Waals surface area contributed by atoms with Crippen molar-refractivity contribution in [2.24, 2.45) is 7.05 Å². The monoisotopic (exact) mass is 443 g/mol. The molecule has 0 aliphatic rings. The number of amides is 1. The van der Waals surface area contributed by atoms with E-state index in [1.807, 2.05) is 13.8 Å². The fourth-order valence-electron chi connectivity index (χ4n) is 3.67. The van der Waals surface area contributed by atoms with Gasteiger partial charge in [-0.3, -0.25) is 19.1 Å².